The summed E-state index contributed by atoms with van der Waals surface area (Å²) in [5.41, 5.74) is 2.30. The Bertz CT molecular complexity index is 511. The van der Waals surface area contributed by atoms with Gasteiger partial charge in [0.15, 0.2) is 0 Å². The minimum atomic E-state index is 0.610. The molecule has 1 aliphatic rings. The van der Waals surface area contributed by atoms with Crippen LogP contribution < -0.4 is 10.6 Å². The first-order chi connectivity index (χ1) is 8.85. The van der Waals surface area contributed by atoms with Crippen molar-refractivity contribution < 1.29 is 0 Å². The van der Waals surface area contributed by atoms with E-state index in [9.17, 15) is 0 Å². The lowest BCUT2D eigenvalue weighted by atomic mass is 9.91. The SMILES string of the molecule is CN[C@H]1CC[C@@H](Nc2ccc3[nH]ncc3c2)CC1. The zero-order valence-electron chi connectivity index (χ0n) is 10.7. The van der Waals surface area contributed by atoms with Crippen LogP contribution in [-0.2, 0) is 0 Å². The fraction of sp³-hybridized carbons (Fsp3) is 0.500. The summed E-state index contributed by atoms with van der Waals surface area (Å²) in [6.07, 6.45) is 6.90. The first-order valence-corrected chi connectivity index (χ1v) is 6.72. The molecule has 0 saturated heterocycles. The Morgan fingerprint density at radius 1 is 1.17 bits per heavy atom. The van der Waals surface area contributed by atoms with Gasteiger partial charge in [0, 0.05) is 23.2 Å². The lowest BCUT2D eigenvalue weighted by molar-refractivity contribution is 0.371. The van der Waals surface area contributed by atoms with E-state index < -0.39 is 0 Å². The van der Waals surface area contributed by atoms with Crippen molar-refractivity contribution in [1.82, 2.24) is 15.5 Å². The molecule has 1 fully saturated rings. The second-order valence-electron chi connectivity index (χ2n) is 5.15. The average molecular weight is 244 g/mol. The Labute approximate surface area is 107 Å². The summed E-state index contributed by atoms with van der Waals surface area (Å²) < 4.78 is 0. The molecule has 0 unspecified atom stereocenters. The van der Waals surface area contributed by atoms with Crippen molar-refractivity contribution >= 4 is 16.6 Å². The second-order valence-corrected chi connectivity index (χ2v) is 5.15. The van der Waals surface area contributed by atoms with E-state index in [2.05, 4.69) is 46.1 Å². The van der Waals surface area contributed by atoms with Gasteiger partial charge in [0.1, 0.15) is 0 Å². The molecule has 4 heteroatoms. The molecule has 1 saturated carbocycles. The van der Waals surface area contributed by atoms with Crippen molar-refractivity contribution in [3.63, 3.8) is 0 Å². The molecule has 1 aromatic carbocycles. The monoisotopic (exact) mass is 244 g/mol. The molecule has 0 bridgehead atoms. The number of benzene rings is 1. The second kappa shape index (κ2) is 4.98. The molecular formula is C14H20N4. The van der Waals surface area contributed by atoms with Crippen molar-refractivity contribution in [2.24, 2.45) is 0 Å². The molecule has 1 aliphatic carbocycles. The van der Waals surface area contributed by atoms with E-state index in [-0.39, 0.29) is 0 Å². The van der Waals surface area contributed by atoms with Crippen LogP contribution in [0.5, 0.6) is 0 Å². The molecule has 0 atom stereocenters. The number of hydrogen-bond acceptors (Lipinski definition) is 3. The first kappa shape index (κ1) is 11.5. The van der Waals surface area contributed by atoms with Gasteiger partial charge in [-0.25, -0.2) is 0 Å². The van der Waals surface area contributed by atoms with Crippen molar-refractivity contribution in [2.45, 2.75) is 37.8 Å². The van der Waals surface area contributed by atoms with Gasteiger partial charge in [-0.15, -0.1) is 0 Å². The number of nitrogens with zero attached hydrogens (tertiary/aromatic N) is 1. The molecule has 0 radical (unpaired) electrons. The Hall–Kier alpha value is -1.55. The summed E-state index contributed by atoms with van der Waals surface area (Å²) in [7, 11) is 2.06. The van der Waals surface area contributed by atoms with Crippen LogP contribution >= 0.6 is 0 Å². The van der Waals surface area contributed by atoms with Crippen LogP contribution in [0, 0.1) is 0 Å². The molecule has 0 amide bonds. The number of fused-ring (bicyclic) bond motifs is 1. The van der Waals surface area contributed by atoms with E-state index in [0.717, 1.165) is 5.52 Å². The fourth-order valence-corrected chi connectivity index (χ4v) is 2.79. The summed E-state index contributed by atoms with van der Waals surface area (Å²) >= 11 is 0. The highest BCUT2D eigenvalue weighted by Crippen LogP contribution is 2.23. The van der Waals surface area contributed by atoms with Gasteiger partial charge in [0.05, 0.1) is 11.7 Å². The molecule has 4 nitrogen and oxygen atoms in total. The molecule has 2 aromatic rings. The number of hydrogen-bond donors (Lipinski definition) is 3. The normalized spacial score (nSPS) is 24.3. The molecule has 3 rings (SSSR count). The average Bonchev–Trinajstić information content (AvgIpc) is 2.87. The van der Waals surface area contributed by atoms with Gasteiger partial charge < -0.3 is 10.6 Å². The number of nitrogens with one attached hydrogen (secondary N) is 3. The maximum absolute atomic E-state index is 4.05. The van der Waals surface area contributed by atoms with Crippen molar-refractivity contribution in [1.29, 1.82) is 0 Å². The topological polar surface area (TPSA) is 52.7 Å². The highest BCUT2D eigenvalue weighted by atomic mass is 15.1. The highest BCUT2D eigenvalue weighted by molar-refractivity contribution is 5.81. The van der Waals surface area contributed by atoms with Gasteiger partial charge in [-0.3, -0.25) is 5.10 Å². The predicted molar refractivity (Wildman–Crippen MR) is 74.8 cm³/mol. The lowest BCUT2D eigenvalue weighted by Crippen LogP contribution is -2.34. The quantitative estimate of drug-likeness (QED) is 0.777. The van der Waals surface area contributed by atoms with E-state index in [4.69, 9.17) is 0 Å². The maximum atomic E-state index is 4.05. The van der Waals surface area contributed by atoms with Crippen LogP contribution in [0.2, 0.25) is 0 Å². The predicted octanol–water partition coefficient (Wildman–Crippen LogP) is 2.51. The zero-order chi connectivity index (χ0) is 12.4. The number of H-pyrrole nitrogens is 1. The van der Waals surface area contributed by atoms with Crippen LogP contribution in [0.15, 0.2) is 24.4 Å². The van der Waals surface area contributed by atoms with Crippen molar-refractivity contribution in [2.75, 3.05) is 12.4 Å². The van der Waals surface area contributed by atoms with Gasteiger partial charge in [-0.1, -0.05) is 0 Å². The number of aromatic amines is 1. The third-order valence-electron chi connectivity index (χ3n) is 3.95. The number of rotatable bonds is 3. The van der Waals surface area contributed by atoms with E-state index in [0.29, 0.717) is 12.1 Å². The van der Waals surface area contributed by atoms with E-state index in [1.807, 2.05) is 6.20 Å². The third kappa shape index (κ3) is 2.34. The van der Waals surface area contributed by atoms with Gasteiger partial charge in [0.25, 0.3) is 0 Å². The molecule has 3 N–H and O–H groups in total. The lowest BCUT2D eigenvalue weighted by Gasteiger charge is -2.29. The summed E-state index contributed by atoms with van der Waals surface area (Å²) in [4.78, 5) is 0. The van der Waals surface area contributed by atoms with Crippen LogP contribution in [0.1, 0.15) is 25.7 Å². The Morgan fingerprint density at radius 2 is 1.94 bits per heavy atom. The Balaban J connectivity index is 1.65. The fourth-order valence-electron chi connectivity index (χ4n) is 2.79. The molecule has 0 spiro atoms. The van der Waals surface area contributed by atoms with Crippen molar-refractivity contribution in [3.8, 4) is 0 Å². The summed E-state index contributed by atoms with van der Waals surface area (Å²) in [6, 6.07) is 7.70. The summed E-state index contributed by atoms with van der Waals surface area (Å²) in [5, 5.41) is 15.2. The Morgan fingerprint density at radius 3 is 2.72 bits per heavy atom. The van der Waals surface area contributed by atoms with Crippen LogP contribution in [0.4, 0.5) is 5.69 Å². The molecule has 96 valence electrons. The van der Waals surface area contributed by atoms with Gasteiger partial charge in [-0.2, -0.15) is 5.10 Å². The van der Waals surface area contributed by atoms with E-state index in [1.165, 1.54) is 36.8 Å². The molecule has 0 aliphatic heterocycles. The standard InChI is InChI=1S/C14H20N4/c1-15-11-2-4-12(5-3-11)17-13-6-7-14-10(8-13)9-16-18-14/h6-9,11-12,15,17H,2-5H2,1H3,(H,16,18)/t11-,12+. The van der Waals surface area contributed by atoms with E-state index >= 15 is 0 Å². The molecular weight excluding hydrogens is 224 g/mol. The third-order valence-corrected chi connectivity index (χ3v) is 3.95. The Kier molecular flexibility index (Phi) is 3.19. The van der Waals surface area contributed by atoms with Crippen LogP contribution in [0.25, 0.3) is 10.9 Å². The molecule has 1 aromatic heterocycles. The van der Waals surface area contributed by atoms with E-state index in [1.54, 1.807) is 0 Å². The minimum absolute atomic E-state index is 0.610. The summed E-state index contributed by atoms with van der Waals surface area (Å²) in [5.74, 6) is 0. The van der Waals surface area contributed by atoms with Crippen LogP contribution in [0.3, 0.4) is 0 Å². The minimum Gasteiger partial charge on any atom is -0.382 e. The van der Waals surface area contributed by atoms with Gasteiger partial charge >= 0.3 is 0 Å². The molecule has 18 heavy (non-hydrogen) atoms. The largest absolute Gasteiger partial charge is 0.382 e. The van der Waals surface area contributed by atoms with Crippen LogP contribution in [-0.4, -0.2) is 29.3 Å². The first-order valence-electron chi connectivity index (χ1n) is 6.72. The van der Waals surface area contributed by atoms with Gasteiger partial charge in [-0.05, 0) is 50.9 Å². The highest BCUT2D eigenvalue weighted by Gasteiger charge is 2.19. The zero-order valence-corrected chi connectivity index (χ0v) is 10.7. The smallest absolute Gasteiger partial charge is 0.0651 e. The number of anilines is 1. The number of aromatic nitrogens is 2. The maximum Gasteiger partial charge on any atom is 0.0651 e. The van der Waals surface area contributed by atoms with Gasteiger partial charge in [0.2, 0.25) is 0 Å². The summed E-state index contributed by atoms with van der Waals surface area (Å²) in [6.45, 7) is 0. The van der Waals surface area contributed by atoms with Crippen molar-refractivity contribution in [3.05, 3.63) is 24.4 Å². The molecule has 1 heterocycles.